The summed E-state index contributed by atoms with van der Waals surface area (Å²) in [7, 11) is 1.58. The summed E-state index contributed by atoms with van der Waals surface area (Å²) < 4.78 is 10.4. The van der Waals surface area contributed by atoms with Crippen LogP contribution in [0, 0.1) is 0 Å². The van der Waals surface area contributed by atoms with Gasteiger partial charge in [0.15, 0.2) is 6.10 Å². The van der Waals surface area contributed by atoms with Gasteiger partial charge in [0.25, 0.3) is 0 Å². The van der Waals surface area contributed by atoms with Gasteiger partial charge in [-0.3, -0.25) is 4.79 Å². The van der Waals surface area contributed by atoms with E-state index in [0.29, 0.717) is 12.8 Å². The number of aliphatic carboxylic acids is 1. The normalized spacial score (nSPS) is 22.6. The lowest BCUT2D eigenvalue weighted by molar-refractivity contribution is -0.151. The molecule has 0 saturated carbocycles. The monoisotopic (exact) mass is 293 g/mol. The highest BCUT2D eigenvalue weighted by molar-refractivity contribution is 5.83. The quantitative estimate of drug-likeness (QED) is 0.859. The first-order chi connectivity index (χ1) is 10.0. The van der Waals surface area contributed by atoms with Gasteiger partial charge in [-0.2, -0.15) is 0 Å². The van der Waals surface area contributed by atoms with Crippen LogP contribution in [0.5, 0.6) is 5.75 Å². The molecule has 0 unspecified atom stereocenters. The second-order valence-corrected chi connectivity index (χ2v) is 5.04. The Balaban J connectivity index is 1.94. The van der Waals surface area contributed by atoms with Crippen molar-refractivity contribution in [1.29, 1.82) is 0 Å². The molecule has 1 amide bonds. The third-order valence-corrected chi connectivity index (χ3v) is 3.54. The Morgan fingerprint density at radius 3 is 2.71 bits per heavy atom. The number of carbonyl (C=O) groups is 2. The number of carbonyl (C=O) groups excluding carboxylic acids is 1. The molecule has 1 saturated heterocycles. The summed E-state index contributed by atoms with van der Waals surface area (Å²) in [5.74, 6) is -0.586. The van der Waals surface area contributed by atoms with Crippen LogP contribution in [0.2, 0.25) is 0 Å². The maximum absolute atomic E-state index is 12.1. The molecule has 3 atom stereocenters. The molecule has 2 N–H and O–H groups in total. The van der Waals surface area contributed by atoms with E-state index < -0.39 is 18.2 Å². The number of carboxylic acids is 1. The Kier molecular flexibility index (Phi) is 4.80. The van der Waals surface area contributed by atoms with Crippen molar-refractivity contribution in [2.75, 3.05) is 7.11 Å². The minimum Gasteiger partial charge on any atom is -0.497 e. The summed E-state index contributed by atoms with van der Waals surface area (Å²) in [6.07, 6.45) is -0.791. The number of nitrogens with one attached hydrogen (secondary N) is 1. The fraction of sp³-hybridized carbons (Fsp3) is 0.467. The largest absolute Gasteiger partial charge is 0.497 e. The second kappa shape index (κ2) is 6.58. The molecular weight excluding hydrogens is 274 g/mol. The van der Waals surface area contributed by atoms with Crippen LogP contribution in [0.15, 0.2) is 24.3 Å². The molecule has 0 radical (unpaired) electrons. The average Bonchev–Trinajstić information content (AvgIpc) is 2.97. The zero-order chi connectivity index (χ0) is 15.4. The van der Waals surface area contributed by atoms with Crippen molar-refractivity contribution in [3.63, 3.8) is 0 Å². The highest BCUT2D eigenvalue weighted by Crippen LogP contribution is 2.22. The molecule has 0 bridgehead atoms. The van der Waals surface area contributed by atoms with Gasteiger partial charge in [-0.05, 0) is 37.5 Å². The zero-order valence-corrected chi connectivity index (χ0v) is 12.0. The summed E-state index contributed by atoms with van der Waals surface area (Å²) in [5, 5.41) is 11.7. The van der Waals surface area contributed by atoms with Crippen molar-refractivity contribution >= 4 is 11.9 Å². The van der Waals surface area contributed by atoms with Gasteiger partial charge in [0.2, 0.25) is 5.91 Å². The van der Waals surface area contributed by atoms with Crippen molar-refractivity contribution in [3.05, 3.63) is 29.8 Å². The second-order valence-electron chi connectivity index (χ2n) is 5.04. The first-order valence-electron chi connectivity index (χ1n) is 6.84. The van der Waals surface area contributed by atoms with Crippen LogP contribution < -0.4 is 10.1 Å². The summed E-state index contributed by atoms with van der Waals surface area (Å²) in [4.78, 5) is 22.9. The van der Waals surface area contributed by atoms with Gasteiger partial charge in [-0.1, -0.05) is 12.1 Å². The van der Waals surface area contributed by atoms with Crippen molar-refractivity contribution in [2.24, 2.45) is 0 Å². The molecule has 1 heterocycles. The molecule has 1 aliphatic heterocycles. The van der Waals surface area contributed by atoms with Crippen LogP contribution in [0.1, 0.15) is 31.4 Å². The lowest BCUT2D eigenvalue weighted by Gasteiger charge is -2.18. The number of methoxy groups -OCH3 is 1. The van der Waals surface area contributed by atoms with Gasteiger partial charge in [0.1, 0.15) is 11.9 Å². The van der Waals surface area contributed by atoms with Gasteiger partial charge in [-0.25, -0.2) is 4.79 Å². The molecule has 1 fully saturated rings. The van der Waals surface area contributed by atoms with Crippen molar-refractivity contribution in [1.82, 2.24) is 5.32 Å². The number of benzene rings is 1. The van der Waals surface area contributed by atoms with Crippen molar-refractivity contribution in [3.8, 4) is 5.75 Å². The fourth-order valence-corrected chi connectivity index (χ4v) is 2.31. The van der Waals surface area contributed by atoms with Gasteiger partial charge in [0, 0.05) is 0 Å². The third-order valence-electron chi connectivity index (χ3n) is 3.54. The Morgan fingerprint density at radius 1 is 1.38 bits per heavy atom. The molecule has 21 heavy (non-hydrogen) atoms. The van der Waals surface area contributed by atoms with E-state index in [2.05, 4.69) is 5.32 Å². The topological polar surface area (TPSA) is 84.9 Å². The van der Waals surface area contributed by atoms with E-state index >= 15 is 0 Å². The lowest BCUT2D eigenvalue weighted by atomic mass is 10.1. The van der Waals surface area contributed by atoms with E-state index in [1.807, 2.05) is 31.2 Å². The predicted molar refractivity (Wildman–Crippen MR) is 75.1 cm³/mol. The summed E-state index contributed by atoms with van der Waals surface area (Å²) >= 11 is 0. The predicted octanol–water partition coefficient (Wildman–Crippen LogP) is 1.50. The first kappa shape index (κ1) is 15.3. The lowest BCUT2D eigenvalue weighted by Crippen LogP contribution is -2.37. The molecule has 1 aromatic rings. The molecular formula is C15H19NO5. The van der Waals surface area contributed by atoms with Gasteiger partial charge in [-0.15, -0.1) is 0 Å². The fourth-order valence-electron chi connectivity index (χ4n) is 2.31. The molecule has 6 heteroatoms. The van der Waals surface area contributed by atoms with E-state index in [-0.39, 0.29) is 11.9 Å². The van der Waals surface area contributed by atoms with Crippen molar-refractivity contribution < 1.29 is 24.2 Å². The molecule has 1 aromatic carbocycles. The van der Waals surface area contributed by atoms with Crippen molar-refractivity contribution in [2.45, 2.75) is 38.0 Å². The zero-order valence-electron chi connectivity index (χ0n) is 12.0. The van der Waals surface area contributed by atoms with Crippen LogP contribution in [0.4, 0.5) is 0 Å². The van der Waals surface area contributed by atoms with Crippen LogP contribution in [0.3, 0.4) is 0 Å². The van der Waals surface area contributed by atoms with E-state index in [0.717, 1.165) is 11.3 Å². The molecule has 6 nitrogen and oxygen atoms in total. The number of hydrogen-bond donors (Lipinski definition) is 2. The Bertz CT molecular complexity index is 531. The minimum atomic E-state index is -1.02. The van der Waals surface area contributed by atoms with E-state index in [1.165, 1.54) is 0 Å². The summed E-state index contributed by atoms with van der Waals surface area (Å²) in [5.41, 5.74) is 0.912. The van der Waals surface area contributed by atoms with Gasteiger partial charge >= 0.3 is 5.97 Å². The van der Waals surface area contributed by atoms with Gasteiger partial charge < -0.3 is 19.9 Å². The number of ether oxygens (including phenoxy) is 2. The Morgan fingerprint density at radius 2 is 2.10 bits per heavy atom. The standard InChI is InChI=1S/C15H19NO5/c1-9(10-4-3-5-11(8-10)20-2)16-14(17)12-6-7-13(21-12)15(18)19/h3-5,8-9,12-13H,6-7H2,1-2H3,(H,16,17)(H,18,19)/t9-,12-,13+/m0/s1. The van der Waals surface area contributed by atoms with E-state index in [4.69, 9.17) is 14.6 Å². The molecule has 0 aromatic heterocycles. The Labute approximate surface area is 123 Å². The number of hydrogen-bond acceptors (Lipinski definition) is 4. The maximum Gasteiger partial charge on any atom is 0.332 e. The average molecular weight is 293 g/mol. The summed E-state index contributed by atoms with van der Waals surface area (Å²) in [6.45, 7) is 1.86. The van der Waals surface area contributed by atoms with Crippen LogP contribution >= 0.6 is 0 Å². The molecule has 1 aliphatic rings. The number of rotatable bonds is 5. The van der Waals surface area contributed by atoms with Crippen LogP contribution in [0.25, 0.3) is 0 Å². The number of carboxylic acid groups (broad SMARTS) is 1. The van der Waals surface area contributed by atoms with Gasteiger partial charge in [0.05, 0.1) is 13.2 Å². The van der Waals surface area contributed by atoms with Crippen LogP contribution in [-0.4, -0.2) is 36.3 Å². The molecule has 0 aliphatic carbocycles. The summed E-state index contributed by atoms with van der Waals surface area (Å²) in [6, 6.07) is 7.21. The SMILES string of the molecule is COc1cccc([C@H](C)NC(=O)[C@@H]2CC[C@H](C(=O)O)O2)c1. The van der Waals surface area contributed by atoms with E-state index in [1.54, 1.807) is 7.11 Å². The van der Waals surface area contributed by atoms with Crippen LogP contribution in [-0.2, 0) is 14.3 Å². The number of amides is 1. The molecule has 0 spiro atoms. The van der Waals surface area contributed by atoms with E-state index in [9.17, 15) is 9.59 Å². The Hall–Kier alpha value is -2.08. The smallest absolute Gasteiger partial charge is 0.332 e. The first-order valence-corrected chi connectivity index (χ1v) is 6.84. The highest BCUT2D eigenvalue weighted by Gasteiger charge is 2.35. The molecule has 114 valence electrons. The highest BCUT2D eigenvalue weighted by atomic mass is 16.5. The minimum absolute atomic E-state index is 0.208. The maximum atomic E-state index is 12.1. The third kappa shape index (κ3) is 3.72. The molecule has 2 rings (SSSR count).